The first kappa shape index (κ1) is 28.9. The van der Waals surface area contributed by atoms with Gasteiger partial charge in [0, 0.05) is 32.1 Å². The Labute approximate surface area is 241 Å². The predicted molar refractivity (Wildman–Crippen MR) is 153 cm³/mol. The Balaban J connectivity index is 1.53. The summed E-state index contributed by atoms with van der Waals surface area (Å²) in [5, 5.41) is 6.67. The number of hydrogen-bond donors (Lipinski definition) is 1. The van der Waals surface area contributed by atoms with Crippen molar-refractivity contribution in [3.63, 3.8) is 0 Å². The highest BCUT2D eigenvalue weighted by atomic mass is 79.9. The second kappa shape index (κ2) is 11.5. The second-order valence-electron chi connectivity index (χ2n) is 8.89. The van der Waals surface area contributed by atoms with Crippen LogP contribution in [0, 0.1) is 6.92 Å². The van der Waals surface area contributed by atoms with Gasteiger partial charge in [-0.05, 0) is 88.7 Å². The predicted octanol–water partition coefficient (Wildman–Crippen LogP) is 8.76. The van der Waals surface area contributed by atoms with E-state index in [9.17, 15) is 18.0 Å². The molecule has 1 N–H and O–H groups in total. The van der Waals surface area contributed by atoms with Gasteiger partial charge in [-0.1, -0.05) is 52.6 Å². The summed E-state index contributed by atoms with van der Waals surface area (Å²) in [6.45, 7) is 5.77. The lowest BCUT2D eigenvalue weighted by Crippen LogP contribution is -2.42. The number of oxime groups is 1. The summed E-state index contributed by atoms with van der Waals surface area (Å²) >= 11 is 15.3. The zero-order chi connectivity index (χ0) is 28.4. The summed E-state index contributed by atoms with van der Waals surface area (Å²) in [6.07, 6.45) is -2.33. The van der Waals surface area contributed by atoms with E-state index in [0.717, 1.165) is 11.1 Å². The molecule has 1 aliphatic rings. The summed E-state index contributed by atoms with van der Waals surface area (Å²) in [4.78, 5) is 21.8. The van der Waals surface area contributed by atoms with E-state index in [4.69, 9.17) is 28.0 Å². The number of carbonyl (C=O) groups excluding carboxylic acids is 1. The molecule has 3 aromatic carbocycles. The van der Waals surface area contributed by atoms with Gasteiger partial charge in [-0.2, -0.15) is 13.2 Å². The van der Waals surface area contributed by atoms with Crippen molar-refractivity contribution in [1.29, 1.82) is 0 Å². The molecule has 0 saturated carbocycles. The Kier molecular flexibility index (Phi) is 8.54. The molecule has 11 heteroatoms. The molecule has 1 unspecified atom stereocenters. The Hall–Kier alpha value is -3.14. The van der Waals surface area contributed by atoms with Gasteiger partial charge < -0.3 is 10.2 Å². The van der Waals surface area contributed by atoms with Crippen LogP contribution in [-0.2, 0) is 17.0 Å². The highest BCUT2D eigenvalue weighted by Crippen LogP contribution is 2.49. The maximum atomic E-state index is 14.2. The molecule has 0 spiro atoms. The van der Waals surface area contributed by atoms with Gasteiger partial charge >= 0.3 is 6.18 Å². The van der Waals surface area contributed by atoms with Crippen LogP contribution in [0.2, 0.25) is 10.0 Å². The number of benzene rings is 3. The minimum Gasteiger partial charge on any atom is -0.374 e. The molecule has 0 radical (unpaired) electrons. The number of rotatable bonds is 7. The quantitative estimate of drug-likeness (QED) is 0.263. The van der Waals surface area contributed by atoms with Crippen LogP contribution in [0.3, 0.4) is 0 Å². The standard InChI is InChI=1S/C28H21BrCl2F3N3O2/c1-16-9-18(15-35-2)4-7-23(16)26(38)36-25-10-17(5-8-24(25)29)3-6-22-14-27(39-37-22,28(32,33)34)19-11-20(30)13-21(31)12-19/h3-13H,2,14-15H2,1H3,(H,36,38)/b6-3+. The lowest BCUT2D eigenvalue weighted by Gasteiger charge is -2.29. The number of hydrogen-bond acceptors (Lipinski definition) is 4. The van der Waals surface area contributed by atoms with Crippen molar-refractivity contribution in [3.05, 3.63) is 103 Å². The van der Waals surface area contributed by atoms with Crippen molar-refractivity contribution < 1.29 is 22.8 Å². The molecular weight excluding hydrogens is 618 g/mol. The second-order valence-corrected chi connectivity index (χ2v) is 10.6. The fourth-order valence-electron chi connectivity index (χ4n) is 4.14. The molecule has 5 nitrogen and oxygen atoms in total. The van der Waals surface area contributed by atoms with Crippen molar-refractivity contribution in [2.75, 3.05) is 5.32 Å². The molecule has 1 heterocycles. The highest BCUT2D eigenvalue weighted by Gasteiger charge is 2.62. The number of carbonyl (C=O) groups is 1. The van der Waals surface area contributed by atoms with E-state index in [-0.39, 0.29) is 27.2 Å². The van der Waals surface area contributed by atoms with Crippen molar-refractivity contribution in [2.24, 2.45) is 10.1 Å². The number of nitrogens with zero attached hydrogens (tertiary/aromatic N) is 2. The first-order chi connectivity index (χ1) is 18.4. The molecule has 0 aromatic heterocycles. The van der Waals surface area contributed by atoms with Crippen LogP contribution < -0.4 is 5.32 Å². The molecule has 1 atom stereocenters. The van der Waals surface area contributed by atoms with E-state index in [1.54, 1.807) is 30.3 Å². The fourth-order valence-corrected chi connectivity index (χ4v) is 5.01. The van der Waals surface area contributed by atoms with Crippen LogP contribution in [-0.4, -0.2) is 24.5 Å². The molecule has 0 aliphatic carbocycles. The van der Waals surface area contributed by atoms with Crippen LogP contribution in [0.1, 0.15) is 39.0 Å². The minimum absolute atomic E-state index is 0.0538. The zero-order valence-corrected chi connectivity index (χ0v) is 23.5. The van der Waals surface area contributed by atoms with Crippen LogP contribution in [0.25, 0.3) is 6.08 Å². The number of amides is 1. The normalized spacial score (nSPS) is 17.2. The molecular formula is C28H21BrCl2F3N3O2. The van der Waals surface area contributed by atoms with E-state index in [1.807, 2.05) is 19.1 Å². The van der Waals surface area contributed by atoms with Crippen LogP contribution in [0.15, 0.2) is 75.3 Å². The zero-order valence-electron chi connectivity index (χ0n) is 20.5. The van der Waals surface area contributed by atoms with Gasteiger partial charge in [0.1, 0.15) is 0 Å². The Bertz CT molecular complexity index is 1490. The third-order valence-electron chi connectivity index (χ3n) is 6.07. The molecule has 1 amide bonds. The van der Waals surface area contributed by atoms with E-state index >= 15 is 0 Å². The maximum absolute atomic E-state index is 14.2. The van der Waals surface area contributed by atoms with Gasteiger partial charge in [-0.25, -0.2) is 0 Å². The molecule has 39 heavy (non-hydrogen) atoms. The largest absolute Gasteiger partial charge is 0.435 e. The number of nitrogens with one attached hydrogen (secondary N) is 1. The topological polar surface area (TPSA) is 63.0 Å². The van der Waals surface area contributed by atoms with Crippen molar-refractivity contribution in [2.45, 2.75) is 31.7 Å². The minimum atomic E-state index is -4.78. The number of aryl methyl sites for hydroxylation is 1. The SMILES string of the molecule is C=NCc1ccc(C(=O)Nc2cc(/C=C/C3=NOC(c4cc(Cl)cc(Cl)c4)(C(F)(F)F)C3)ccc2Br)c(C)c1. The molecule has 0 saturated heterocycles. The summed E-state index contributed by atoms with van der Waals surface area (Å²) in [7, 11) is 0. The molecule has 0 fully saturated rings. The van der Waals surface area contributed by atoms with Crippen molar-refractivity contribution in [1.82, 2.24) is 0 Å². The maximum Gasteiger partial charge on any atom is 0.435 e. The van der Waals surface area contributed by atoms with Crippen molar-refractivity contribution >= 4 is 69.2 Å². The Morgan fingerprint density at radius 1 is 1.15 bits per heavy atom. The van der Waals surface area contributed by atoms with Crippen LogP contribution in [0.5, 0.6) is 0 Å². The lowest BCUT2D eigenvalue weighted by atomic mass is 9.88. The van der Waals surface area contributed by atoms with E-state index in [1.165, 1.54) is 24.3 Å². The van der Waals surface area contributed by atoms with Crippen LogP contribution in [0.4, 0.5) is 18.9 Å². The lowest BCUT2D eigenvalue weighted by molar-refractivity contribution is -0.275. The number of halogens is 6. The monoisotopic (exact) mass is 637 g/mol. The Morgan fingerprint density at radius 2 is 1.87 bits per heavy atom. The van der Waals surface area contributed by atoms with Gasteiger partial charge in [0.05, 0.1) is 17.9 Å². The molecule has 3 aromatic rings. The third-order valence-corrected chi connectivity index (χ3v) is 7.20. The highest BCUT2D eigenvalue weighted by molar-refractivity contribution is 9.10. The fraction of sp³-hybridized carbons (Fsp3) is 0.179. The van der Waals surface area contributed by atoms with Crippen molar-refractivity contribution in [3.8, 4) is 0 Å². The average Bonchev–Trinajstić information content (AvgIpc) is 3.30. The van der Waals surface area contributed by atoms with Gasteiger partial charge in [0.25, 0.3) is 11.5 Å². The first-order valence-corrected chi connectivity index (χ1v) is 13.1. The van der Waals surface area contributed by atoms with E-state index in [2.05, 4.69) is 38.1 Å². The van der Waals surface area contributed by atoms with Crippen LogP contribution >= 0.6 is 39.1 Å². The van der Waals surface area contributed by atoms with Gasteiger partial charge in [0.15, 0.2) is 0 Å². The van der Waals surface area contributed by atoms with E-state index in [0.29, 0.717) is 27.8 Å². The van der Waals surface area contributed by atoms with Gasteiger partial charge in [0.2, 0.25) is 0 Å². The average molecular weight is 639 g/mol. The number of allylic oxidation sites excluding steroid dienone is 1. The smallest absolute Gasteiger partial charge is 0.374 e. The molecule has 0 bridgehead atoms. The first-order valence-electron chi connectivity index (χ1n) is 11.5. The Morgan fingerprint density at radius 3 is 2.51 bits per heavy atom. The number of aliphatic imine (C=N–C) groups is 1. The molecule has 202 valence electrons. The summed E-state index contributed by atoms with van der Waals surface area (Å²) < 4.78 is 43.2. The third kappa shape index (κ3) is 6.37. The van der Waals surface area contributed by atoms with E-state index < -0.39 is 18.2 Å². The molecule has 1 aliphatic heterocycles. The summed E-state index contributed by atoms with van der Waals surface area (Å²) in [5.74, 6) is -0.309. The summed E-state index contributed by atoms with van der Waals surface area (Å²) in [6, 6.07) is 14.2. The van der Waals surface area contributed by atoms with Gasteiger partial charge in [-0.3, -0.25) is 9.79 Å². The van der Waals surface area contributed by atoms with Gasteiger partial charge in [-0.15, -0.1) is 0 Å². The number of anilines is 1. The molecule has 4 rings (SSSR count). The number of alkyl halides is 3. The summed E-state index contributed by atoms with van der Waals surface area (Å²) in [5.41, 5.74) is 0.455.